The summed E-state index contributed by atoms with van der Waals surface area (Å²) in [7, 11) is 1.61. The molecule has 3 heterocycles. The lowest BCUT2D eigenvalue weighted by molar-refractivity contribution is -0.385. The maximum atomic E-state index is 13.4. The van der Waals surface area contributed by atoms with E-state index in [1.54, 1.807) is 31.1 Å². The number of methoxy groups -OCH3 is 1. The van der Waals surface area contributed by atoms with E-state index in [2.05, 4.69) is 11.8 Å². The second-order valence-corrected chi connectivity index (χ2v) is 9.94. The minimum atomic E-state index is -0.463. The minimum Gasteiger partial charge on any atom is -0.497 e. The Morgan fingerprint density at radius 3 is 2.45 bits per heavy atom. The first-order valence-corrected chi connectivity index (χ1v) is 12.8. The predicted octanol–water partition coefficient (Wildman–Crippen LogP) is 4.93. The van der Waals surface area contributed by atoms with Crippen molar-refractivity contribution < 1.29 is 19.2 Å². The molecule has 10 nitrogen and oxygen atoms in total. The van der Waals surface area contributed by atoms with Crippen LogP contribution in [0.4, 0.5) is 11.6 Å². The van der Waals surface area contributed by atoms with Gasteiger partial charge in [-0.05, 0) is 56.0 Å². The van der Waals surface area contributed by atoms with Gasteiger partial charge in [0.25, 0.3) is 11.6 Å². The summed E-state index contributed by atoms with van der Waals surface area (Å²) in [5.41, 5.74) is 2.33. The Hall–Kier alpha value is -4.21. The summed E-state index contributed by atoms with van der Waals surface area (Å²) in [6.07, 6.45) is 2.70. The average Bonchev–Trinajstić information content (AvgIpc) is 2.93. The molecule has 0 bridgehead atoms. The van der Waals surface area contributed by atoms with Crippen molar-refractivity contribution in [2.24, 2.45) is 5.92 Å². The van der Waals surface area contributed by atoms with Gasteiger partial charge in [0, 0.05) is 43.2 Å². The van der Waals surface area contributed by atoms with Crippen molar-refractivity contribution in [3.05, 3.63) is 75.0 Å². The lowest BCUT2D eigenvalue weighted by Gasteiger charge is -2.33. The van der Waals surface area contributed by atoms with E-state index < -0.39 is 4.92 Å². The summed E-state index contributed by atoms with van der Waals surface area (Å²) in [4.78, 5) is 37.9. The summed E-state index contributed by atoms with van der Waals surface area (Å²) in [6.45, 7) is 6.39. The molecular weight excluding hydrogens is 486 g/mol. The number of ether oxygens (including phenoxy) is 2. The van der Waals surface area contributed by atoms with Crippen molar-refractivity contribution in [1.82, 2.24) is 14.9 Å². The number of amides is 1. The molecule has 5 rings (SSSR count). The first-order chi connectivity index (χ1) is 18.3. The Labute approximate surface area is 221 Å². The number of aryl methyl sites for hydroxylation is 1. The molecule has 0 saturated carbocycles. The third-order valence-electron chi connectivity index (χ3n) is 7.29. The second-order valence-electron chi connectivity index (χ2n) is 9.94. The second kappa shape index (κ2) is 10.6. The standard InChI is InChI=1S/C28H31N5O5/c1-18-10-13-31(14-11-18)28-29-24-12-15-32(27(34)20-5-4-19(2)25(16-20)33(35)36)17-23(24)26(30-28)38-22-8-6-21(37-3)7-9-22/h4-9,16,18H,10-15,17H2,1-3H3. The molecule has 198 valence electrons. The highest BCUT2D eigenvalue weighted by Crippen LogP contribution is 2.34. The van der Waals surface area contributed by atoms with Crippen LogP contribution < -0.4 is 14.4 Å². The summed E-state index contributed by atoms with van der Waals surface area (Å²) in [5.74, 6) is 2.78. The fourth-order valence-corrected chi connectivity index (χ4v) is 4.86. The highest BCUT2D eigenvalue weighted by atomic mass is 16.6. The van der Waals surface area contributed by atoms with E-state index in [1.165, 1.54) is 6.07 Å². The topological polar surface area (TPSA) is 111 Å². The van der Waals surface area contributed by atoms with Crippen LogP contribution in [0, 0.1) is 23.0 Å². The molecule has 0 N–H and O–H groups in total. The lowest BCUT2D eigenvalue weighted by atomic mass is 9.99. The molecule has 2 aliphatic rings. The van der Waals surface area contributed by atoms with Gasteiger partial charge in [-0.2, -0.15) is 4.98 Å². The number of anilines is 1. The van der Waals surface area contributed by atoms with E-state index in [1.807, 2.05) is 24.3 Å². The molecule has 2 aromatic carbocycles. The van der Waals surface area contributed by atoms with Crippen LogP contribution in [0.2, 0.25) is 0 Å². The van der Waals surface area contributed by atoms with Crippen LogP contribution in [-0.4, -0.2) is 52.4 Å². The number of nitro benzene ring substituents is 1. The van der Waals surface area contributed by atoms with Gasteiger partial charge in [0.15, 0.2) is 0 Å². The van der Waals surface area contributed by atoms with Gasteiger partial charge >= 0.3 is 0 Å². The highest BCUT2D eigenvalue weighted by Gasteiger charge is 2.30. The molecule has 0 aliphatic carbocycles. The molecule has 0 spiro atoms. The number of nitrogens with zero attached hydrogens (tertiary/aromatic N) is 5. The van der Waals surface area contributed by atoms with Crippen LogP contribution in [0.3, 0.4) is 0 Å². The van der Waals surface area contributed by atoms with Crippen LogP contribution in [0.25, 0.3) is 0 Å². The van der Waals surface area contributed by atoms with E-state index in [9.17, 15) is 14.9 Å². The normalized spacial score (nSPS) is 15.7. The smallest absolute Gasteiger partial charge is 0.273 e. The van der Waals surface area contributed by atoms with Crippen LogP contribution in [0.1, 0.15) is 46.9 Å². The number of fused-ring (bicyclic) bond motifs is 1. The summed E-state index contributed by atoms with van der Waals surface area (Å²) < 4.78 is 11.5. The van der Waals surface area contributed by atoms with Gasteiger partial charge in [-0.15, -0.1) is 0 Å². The molecule has 38 heavy (non-hydrogen) atoms. The van der Waals surface area contributed by atoms with Gasteiger partial charge in [-0.25, -0.2) is 4.98 Å². The Morgan fingerprint density at radius 2 is 1.76 bits per heavy atom. The highest BCUT2D eigenvalue weighted by molar-refractivity contribution is 5.95. The number of hydrogen-bond acceptors (Lipinski definition) is 8. The lowest BCUT2D eigenvalue weighted by Crippen LogP contribution is -2.38. The Balaban J connectivity index is 1.46. The molecule has 1 fully saturated rings. The number of benzene rings is 2. The maximum absolute atomic E-state index is 13.4. The Morgan fingerprint density at radius 1 is 1.05 bits per heavy atom. The third-order valence-corrected chi connectivity index (χ3v) is 7.29. The predicted molar refractivity (Wildman–Crippen MR) is 142 cm³/mol. The zero-order valence-electron chi connectivity index (χ0n) is 21.8. The van der Waals surface area contributed by atoms with Gasteiger partial charge in [-0.1, -0.05) is 13.0 Å². The van der Waals surface area contributed by atoms with Gasteiger partial charge in [0.1, 0.15) is 11.5 Å². The number of rotatable bonds is 6. The number of hydrogen-bond donors (Lipinski definition) is 0. The molecule has 0 atom stereocenters. The van der Waals surface area contributed by atoms with E-state index in [0.717, 1.165) is 37.2 Å². The summed E-state index contributed by atoms with van der Waals surface area (Å²) in [5, 5.41) is 11.4. The van der Waals surface area contributed by atoms with E-state index in [4.69, 9.17) is 19.4 Å². The molecule has 1 saturated heterocycles. The van der Waals surface area contributed by atoms with E-state index in [0.29, 0.717) is 47.8 Å². The van der Waals surface area contributed by atoms with Crippen molar-refractivity contribution in [1.29, 1.82) is 0 Å². The number of piperidine rings is 1. The monoisotopic (exact) mass is 517 g/mol. The van der Waals surface area contributed by atoms with Crippen molar-refractivity contribution in [3.63, 3.8) is 0 Å². The van der Waals surface area contributed by atoms with Gasteiger partial charge < -0.3 is 19.3 Å². The van der Waals surface area contributed by atoms with Crippen LogP contribution in [0.5, 0.6) is 17.4 Å². The summed E-state index contributed by atoms with van der Waals surface area (Å²) in [6, 6.07) is 11.8. The fraction of sp³-hybridized carbons (Fsp3) is 0.393. The van der Waals surface area contributed by atoms with Crippen molar-refractivity contribution >= 4 is 17.5 Å². The average molecular weight is 518 g/mol. The van der Waals surface area contributed by atoms with E-state index in [-0.39, 0.29) is 23.7 Å². The molecule has 1 amide bonds. The van der Waals surface area contributed by atoms with E-state index >= 15 is 0 Å². The quantitative estimate of drug-likeness (QED) is 0.334. The molecule has 0 radical (unpaired) electrons. The summed E-state index contributed by atoms with van der Waals surface area (Å²) >= 11 is 0. The molecule has 2 aliphatic heterocycles. The number of aromatic nitrogens is 2. The zero-order valence-corrected chi connectivity index (χ0v) is 21.8. The number of carbonyl (C=O) groups is 1. The first-order valence-electron chi connectivity index (χ1n) is 12.8. The zero-order chi connectivity index (χ0) is 26.8. The largest absolute Gasteiger partial charge is 0.497 e. The maximum Gasteiger partial charge on any atom is 0.273 e. The molecular formula is C28H31N5O5. The number of carbonyl (C=O) groups excluding carboxylic acids is 1. The Bertz CT molecular complexity index is 1350. The van der Waals surface area contributed by atoms with Gasteiger partial charge in [0.2, 0.25) is 11.8 Å². The minimum absolute atomic E-state index is 0.0689. The SMILES string of the molecule is COc1ccc(Oc2nc(N3CCC(C)CC3)nc3c2CN(C(=O)c2ccc(C)c([N+](=O)[O-])c2)CC3)cc1. The van der Waals surface area contributed by atoms with Gasteiger partial charge in [0.05, 0.1) is 29.8 Å². The van der Waals surface area contributed by atoms with Crippen molar-refractivity contribution in [2.45, 2.75) is 39.7 Å². The molecule has 3 aromatic rings. The first kappa shape index (κ1) is 25.4. The van der Waals surface area contributed by atoms with Crippen LogP contribution in [-0.2, 0) is 13.0 Å². The third kappa shape index (κ3) is 5.25. The Kier molecular flexibility index (Phi) is 7.13. The van der Waals surface area contributed by atoms with Crippen LogP contribution in [0.15, 0.2) is 42.5 Å². The molecule has 1 aromatic heterocycles. The van der Waals surface area contributed by atoms with Crippen molar-refractivity contribution in [2.75, 3.05) is 31.6 Å². The number of nitro groups is 1. The molecule has 10 heteroatoms. The fourth-order valence-electron chi connectivity index (χ4n) is 4.86. The molecule has 0 unspecified atom stereocenters. The van der Waals surface area contributed by atoms with Gasteiger partial charge in [-0.3, -0.25) is 14.9 Å². The van der Waals surface area contributed by atoms with Crippen molar-refractivity contribution in [3.8, 4) is 17.4 Å². The van der Waals surface area contributed by atoms with Crippen LogP contribution >= 0.6 is 0 Å².